The molecular weight excluding hydrogens is 328 g/mol. The van der Waals surface area contributed by atoms with Crippen molar-refractivity contribution in [3.8, 4) is 0 Å². The molecule has 1 atom stereocenters. The van der Waals surface area contributed by atoms with Crippen LogP contribution in [0.4, 0.5) is 0 Å². The van der Waals surface area contributed by atoms with Crippen molar-refractivity contribution in [1.29, 1.82) is 0 Å². The van der Waals surface area contributed by atoms with Gasteiger partial charge in [-0.05, 0) is 59.4 Å². The van der Waals surface area contributed by atoms with Crippen LogP contribution in [-0.2, 0) is 11.3 Å². The minimum Gasteiger partial charge on any atom is -0.336 e. The molecule has 1 rings (SSSR count). The lowest BCUT2D eigenvalue weighted by Crippen LogP contribution is -2.50. The number of hydrogen-bond donors (Lipinski definition) is 0. The van der Waals surface area contributed by atoms with Crippen molar-refractivity contribution < 1.29 is 4.79 Å². The van der Waals surface area contributed by atoms with Crippen molar-refractivity contribution in [2.24, 2.45) is 0 Å². The Morgan fingerprint density at radius 1 is 1.05 bits per heavy atom. The molecule has 1 amide bonds. The van der Waals surface area contributed by atoms with E-state index in [0.717, 1.165) is 11.0 Å². The molecule has 0 aromatic heterocycles. The minimum absolute atomic E-state index is 0.126. The van der Waals surface area contributed by atoms with Gasteiger partial charge in [0.2, 0.25) is 5.91 Å². The summed E-state index contributed by atoms with van der Waals surface area (Å²) in [6.45, 7) is 11.0. The number of halogens is 1. The third kappa shape index (κ3) is 5.11. The Balaban J connectivity index is 2.74. The van der Waals surface area contributed by atoms with Gasteiger partial charge in [0.1, 0.15) is 0 Å². The topological polar surface area (TPSA) is 23.6 Å². The van der Waals surface area contributed by atoms with Crippen molar-refractivity contribution in [2.75, 3.05) is 7.05 Å². The maximum atomic E-state index is 12.7. The van der Waals surface area contributed by atoms with Gasteiger partial charge in [-0.15, -0.1) is 0 Å². The van der Waals surface area contributed by atoms with Crippen molar-refractivity contribution in [2.45, 2.75) is 59.3 Å². The summed E-state index contributed by atoms with van der Waals surface area (Å²) in [5.74, 6) is 0.194. The average molecular weight is 355 g/mol. The first kappa shape index (κ1) is 18.2. The Morgan fingerprint density at radius 2 is 1.52 bits per heavy atom. The van der Waals surface area contributed by atoms with E-state index in [4.69, 9.17) is 0 Å². The third-order valence-electron chi connectivity index (χ3n) is 3.73. The second kappa shape index (κ2) is 7.95. The second-order valence-corrected chi connectivity index (χ2v) is 7.07. The lowest BCUT2D eigenvalue weighted by molar-refractivity contribution is -0.139. The highest BCUT2D eigenvalue weighted by molar-refractivity contribution is 9.10. The molecule has 0 N–H and O–H groups in total. The first-order valence-electron chi connectivity index (χ1n) is 7.51. The van der Waals surface area contributed by atoms with Crippen LogP contribution in [-0.4, -0.2) is 40.9 Å². The monoisotopic (exact) mass is 354 g/mol. The van der Waals surface area contributed by atoms with E-state index < -0.39 is 0 Å². The van der Waals surface area contributed by atoms with Crippen molar-refractivity contribution >= 4 is 21.8 Å². The van der Waals surface area contributed by atoms with Crippen LogP contribution < -0.4 is 0 Å². The highest BCUT2D eigenvalue weighted by atomic mass is 79.9. The smallest absolute Gasteiger partial charge is 0.240 e. The van der Waals surface area contributed by atoms with Gasteiger partial charge < -0.3 is 4.90 Å². The van der Waals surface area contributed by atoms with E-state index in [9.17, 15) is 4.79 Å². The molecule has 0 bridgehead atoms. The highest BCUT2D eigenvalue weighted by Gasteiger charge is 2.27. The quantitative estimate of drug-likeness (QED) is 0.772. The van der Waals surface area contributed by atoms with E-state index in [1.807, 2.05) is 31.0 Å². The fraction of sp³-hybridized carbons (Fsp3) is 0.588. The van der Waals surface area contributed by atoms with Crippen LogP contribution in [0.25, 0.3) is 0 Å². The summed E-state index contributed by atoms with van der Waals surface area (Å²) in [6, 6.07) is 8.55. The third-order valence-corrected chi connectivity index (χ3v) is 4.26. The number of likely N-dealkylation sites (N-methyl/N-ethyl adjacent to an activating group) is 1. The number of benzene rings is 1. The van der Waals surface area contributed by atoms with Crippen LogP contribution in [0, 0.1) is 0 Å². The SMILES string of the molecule is CC(C)N(C(=O)[C@H](C)N(C)Cc1ccc(Br)cc1)C(C)C. The van der Waals surface area contributed by atoms with Crippen LogP contribution in [0.15, 0.2) is 28.7 Å². The second-order valence-electron chi connectivity index (χ2n) is 6.15. The number of amides is 1. The van der Waals surface area contributed by atoms with Crippen molar-refractivity contribution in [3.63, 3.8) is 0 Å². The Labute approximate surface area is 137 Å². The largest absolute Gasteiger partial charge is 0.336 e. The molecule has 4 heteroatoms. The Bertz CT molecular complexity index is 448. The first-order chi connectivity index (χ1) is 9.73. The molecule has 0 aliphatic heterocycles. The van der Waals surface area contributed by atoms with Crippen molar-refractivity contribution in [3.05, 3.63) is 34.3 Å². The molecule has 0 aliphatic rings. The molecule has 1 aromatic rings. The van der Waals surface area contributed by atoms with Gasteiger partial charge in [0.15, 0.2) is 0 Å². The van der Waals surface area contributed by atoms with E-state index in [1.54, 1.807) is 0 Å². The van der Waals surface area contributed by atoms with Crippen LogP contribution in [0.1, 0.15) is 40.2 Å². The summed E-state index contributed by atoms with van der Waals surface area (Å²) in [5, 5.41) is 0. The van der Waals surface area contributed by atoms with Crippen LogP contribution in [0.3, 0.4) is 0 Å². The number of carbonyl (C=O) groups excluding carboxylic acids is 1. The molecule has 0 spiro atoms. The van der Waals surface area contributed by atoms with Gasteiger partial charge in [-0.25, -0.2) is 0 Å². The molecule has 1 aromatic carbocycles. The lowest BCUT2D eigenvalue weighted by Gasteiger charge is -2.35. The van der Waals surface area contributed by atoms with E-state index >= 15 is 0 Å². The summed E-state index contributed by atoms with van der Waals surface area (Å²) in [5.41, 5.74) is 1.21. The van der Waals surface area contributed by atoms with Crippen LogP contribution in [0.5, 0.6) is 0 Å². The zero-order valence-electron chi connectivity index (χ0n) is 13.9. The maximum Gasteiger partial charge on any atom is 0.240 e. The van der Waals surface area contributed by atoms with E-state index in [-0.39, 0.29) is 24.0 Å². The molecule has 0 fully saturated rings. The molecule has 21 heavy (non-hydrogen) atoms. The number of rotatable bonds is 6. The normalized spacial score (nSPS) is 13.0. The standard InChI is InChI=1S/C17H27BrN2O/c1-12(2)20(13(3)4)17(21)14(5)19(6)11-15-7-9-16(18)10-8-15/h7-10,12-14H,11H2,1-6H3/t14-/m0/s1. The van der Waals surface area contributed by atoms with Gasteiger partial charge in [0, 0.05) is 23.1 Å². The zero-order chi connectivity index (χ0) is 16.2. The maximum absolute atomic E-state index is 12.7. The van der Waals surface area contributed by atoms with Gasteiger partial charge in [0.25, 0.3) is 0 Å². The molecule has 0 saturated carbocycles. The van der Waals surface area contributed by atoms with Crippen LogP contribution >= 0.6 is 15.9 Å². The van der Waals surface area contributed by atoms with E-state index in [0.29, 0.717) is 0 Å². The van der Waals surface area contributed by atoms with Gasteiger partial charge in [-0.3, -0.25) is 9.69 Å². The molecular formula is C17H27BrN2O. The molecule has 0 unspecified atom stereocenters. The van der Waals surface area contributed by atoms with Gasteiger partial charge in [-0.1, -0.05) is 28.1 Å². The molecule has 0 radical (unpaired) electrons. The number of hydrogen-bond acceptors (Lipinski definition) is 2. The first-order valence-corrected chi connectivity index (χ1v) is 8.30. The van der Waals surface area contributed by atoms with E-state index in [2.05, 4.69) is 60.7 Å². The Morgan fingerprint density at radius 3 is 1.95 bits per heavy atom. The summed E-state index contributed by atoms with van der Waals surface area (Å²) < 4.78 is 1.07. The van der Waals surface area contributed by atoms with Crippen LogP contribution in [0.2, 0.25) is 0 Å². The molecule has 118 valence electrons. The van der Waals surface area contributed by atoms with Gasteiger partial charge in [-0.2, -0.15) is 0 Å². The number of nitrogens with zero attached hydrogens (tertiary/aromatic N) is 2. The fourth-order valence-electron chi connectivity index (χ4n) is 2.52. The predicted molar refractivity (Wildman–Crippen MR) is 92.2 cm³/mol. The summed E-state index contributed by atoms with van der Waals surface area (Å²) in [7, 11) is 2.00. The predicted octanol–water partition coefficient (Wildman–Crippen LogP) is 3.91. The Kier molecular flexibility index (Phi) is 6.88. The Hall–Kier alpha value is -0.870. The summed E-state index contributed by atoms with van der Waals surface area (Å²) in [6.07, 6.45) is 0. The number of carbonyl (C=O) groups is 1. The summed E-state index contributed by atoms with van der Waals surface area (Å²) >= 11 is 3.44. The van der Waals surface area contributed by atoms with Gasteiger partial charge >= 0.3 is 0 Å². The average Bonchev–Trinajstić information content (AvgIpc) is 2.39. The summed E-state index contributed by atoms with van der Waals surface area (Å²) in [4.78, 5) is 16.8. The molecule has 0 heterocycles. The minimum atomic E-state index is -0.126. The molecule has 3 nitrogen and oxygen atoms in total. The molecule has 0 saturated heterocycles. The van der Waals surface area contributed by atoms with Crippen molar-refractivity contribution in [1.82, 2.24) is 9.80 Å². The lowest BCUT2D eigenvalue weighted by atomic mass is 10.1. The molecule has 0 aliphatic carbocycles. The van der Waals surface area contributed by atoms with Gasteiger partial charge in [0.05, 0.1) is 6.04 Å². The highest BCUT2D eigenvalue weighted by Crippen LogP contribution is 2.15. The zero-order valence-corrected chi connectivity index (χ0v) is 15.5. The fourth-order valence-corrected chi connectivity index (χ4v) is 2.79. The van der Waals surface area contributed by atoms with E-state index in [1.165, 1.54) is 5.56 Å².